The van der Waals surface area contributed by atoms with Crippen LogP contribution < -0.4 is 10.2 Å². The molecule has 12 heteroatoms. The molecule has 0 spiro atoms. The molecular weight excluding hydrogens is 415 g/mol. The SMILES string of the molecule is Cc1cc(-n2cnc([C@H](C)Nc3ncnc(N4C(=O)OCC4C(F)F)n3)c2)ccc1F. The van der Waals surface area contributed by atoms with Gasteiger partial charge in [0.1, 0.15) is 24.8 Å². The lowest BCUT2D eigenvalue weighted by Crippen LogP contribution is -2.39. The number of halogens is 3. The van der Waals surface area contributed by atoms with Crippen LogP contribution in [0.25, 0.3) is 5.69 Å². The highest BCUT2D eigenvalue weighted by Crippen LogP contribution is 2.25. The van der Waals surface area contributed by atoms with Gasteiger partial charge in [0.05, 0.1) is 18.1 Å². The topological polar surface area (TPSA) is 98.1 Å². The van der Waals surface area contributed by atoms with Gasteiger partial charge in [-0.25, -0.2) is 37.8 Å². The number of aromatic nitrogens is 5. The van der Waals surface area contributed by atoms with Crippen molar-refractivity contribution in [1.82, 2.24) is 24.5 Å². The average molecular weight is 433 g/mol. The van der Waals surface area contributed by atoms with Gasteiger partial charge in [0.15, 0.2) is 0 Å². The molecule has 1 aliphatic rings. The molecule has 1 amide bonds. The summed E-state index contributed by atoms with van der Waals surface area (Å²) in [5.74, 6) is -0.442. The highest BCUT2D eigenvalue weighted by Gasteiger charge is 2.42. The van der Waals surface area contributed by atoms with Crippen LogP contribution in [0.3, 0.4) is 0 Å². The lowest BCUT2D eigenvalue weighted by atomic mass is 10.2. The number of nitrogens with zero attached hydrogens (tertiary/aromatic N) is 6. The van der Waals surface area contributed by atoms with Crippen molar-refractivity contribution >= 4 is 18.0 Å². The molecule has 0 saturated carbocycles. The van der Waals surface area contributed by atoms with Crippen LogP contribution in [0.5, 0.6) is 0 Å². The van der Waals surface area contributed by atoms with Crippen molar-refractivity contribution in [2.75, 3.05) is 16.8 Å². The van der Waals surface area contributed by atoms with Crippen LogP contribution >= 0.6 is 0 Å². The highest BCUT2D eigenvalue weighted by atomic mass is 19.3. The van der Waals surface area contributed by atoms with E-state index < -0.39 is 25.2 Å². The van der Waals surface area contributed by atoms with Crippen molar-refractivity contribution in [2.24, 2.45) is 0 Å². The van der Waals surface area contributed by atoms with Crippen molar-refractivity contribution in [3.05, 3.63) is 54.1 Å². The number of aryl methyl sites for hydroxylation is 1. The van der Waals surface area contributed by atoms with E-state index in [9.17, 15) is 18.0 Å². The Labute approximate surface area is 174 Å². The molecule has 0 radical (unpaired) electrons. The molecule has 1 aromatic carbocycles. The van der Waals surface area contributed by atoms with Crippen LogP contribution in [-0.4, -0.2) is 49.7 Å². The zero-order valence-corrected chi connectivity index (χ0v) is 16.5. The highest BCUT2D eigenvalue weighted by molar-refractivity contribution is 5.88. The summed E-state index contributed by atoms with van der Waals surface area (Å²) in [7, 11) is 0. The number of alkyl halides is 2. The Kier molecular flexibility index (Phi) is 5.44. The number of cyclic esters (lactones) is 1. The van der Waals surface area contributed by atoms with Gasteiger partial charge < -0.3 is 14.6 Å². The number of amides is 1. The second-order valence-corrected chi connectivity index (χ2v) is 6.96. The first-order chi connectivity index (χ1) is 14.8. The molecule has 1 fully saturated rings. The molecule has 3 aromatic rings. The molecule has 2 aromatic heterocycles. The first-order valence-electron chi connectivity index (χ1n) is 9.33. The number of hydrogen-bond donors (Lipinski definition) is 1. The molecule has 31 heavy (non-hydrogen) atoms. The molecule has 0 aliphatic carbocycles. The van der Waals surface area contributed by atoms with E-state index in [1.54, 1.807) is 43.1 Å². The van der Waals surface area contributed by atoms with E-state index >= 15 is 0 Å². The monoisotopic (exact) mass is 433 g/mol. The Morgan fingerprint density at radius 2 is 2.06 bits per heavy atom. The third-order valence-corrected chi connectivity index (χ3v) is 4.80. The number of ether oxygens (including phenoxy) is 1. The predicted octanol–water partition coefficient (Wildman–Crippen LogP) is 3.27. The maximum atomic E-state index is 13.5. The smallest absolute Gasteiger partial charge is 0.417 e. The third kappa shape index (κ3) is 4.13. The third-order valence-electron chi connectivity index (χ3n) is 4.80. The summed E-state index contributed by atoms with van der Waals surface area (Å²) in [6.07, 6.45) is 0.719. The summed E-state index contributed by atoms with van der Waals surface area (Å²) in [4.78, 5) is 28.8. The molecule has 1 unspecified atom stereocenters. The van der Waals surface area contributed by atoms with Gasteiger partial charge >= 0.3 is 6.09 Å². The first-order valence-corrected chi connectivity index (χ1v) is 9.33. The van der Waals surface area contributed by atoms with Gasteiger partial charge in [-0.3, -0.25) is 0 Å². The Hall–Kier alpha value is -3.70. The van der Waals surface area contributed by atoms with Crippen molar-refractivity contribution < 1.29 is 22.7 Å². The second-order valence-electron chi connectivity index (χ2n) is 6.96. The predicted molar refractivity (Wildman–Crippen MR) is 104 cm³/mol. The Morgan fingerprint density at radius 1 is 1.26 bits per heavy atom. The fraction of sp³-hybridized carbons (Fsp3) is 0.316. The van der Waals surface area contributed by atoms with Gasteiger partial charge in [0.25, 0.3) is 6.43 Å². The van der Waals surface area contributed by atoms with E-state index in [2.05, 4.69) is 25.3 Å². The first kappa shape index (κ1) is 20.6. The number of nitrogens with one attached hydrogen (secondary N) is 1. The zero-order valence-electron chi connectivity index (χ0n) is 16.5. The molecule has 4 rings (SSSR count). The van der Waals surface area contributed by atoms with E-state index in [1.807, 2.05) is 0 Å². The molecule has 1 saturated heterocycles. The molecule has 162 valence electrons. The second kappa shape index (κ2) is 8.20. The lowest BCUT2D eigenvalue weighted by molar-refractivity contribution is 0.104. The molecule has 1 aliphatic heterocycles. The van der Waals surface area contributed by atoms with Gasteiger partial charge in [0.2, 0.25) is 11.9 Å². The number of carbonyl (C=O) groups is 1. The zero-order chi connectivity index (χ0) is 22.1. The Morgan fingerprint density at radius 3 is 2.81 bits per heavy atom. The van der Waals surface area contributed by atoms with E-state index in [0.717, 1.165) is 12.0 Å². The van der Waals surface area contributed by atoms with Gasteiger partial charge in [0, 0.05) is 11.9 Å². The molecular formula is C19H18F3N7O2. The van der Waals surface area contributed by atoms with Crippen LogP contribution in [-0.2, 0) is 4.74 Å². The summed E-state index contributed by atoms with van der Waals surface area (Å²) in [6.45, 7) is 3.04. The van der Waals surface area contributed by atoms with Crippen LogP contribution in [0.2, 0.25) is 0 Å². The van der Waals surface area contributed by atoms with Crippen molar-refractivity contribution in [1.29, 1.82) is 0 Å². The van der Waals surface area contributed by atoms with E-state index in [0.29, 0.717) is 16.2 Å². The maximum absolute atomic E-state index is 13.5. The fourth-order valence-electron chi connectivity index (χ4n) is 3.08. The van der Waals surface area contributed by atoms with Gasteiger partial charge in [-0.1, -0.05) is 0 Å². The number of hydrogen-bond acceptors (Lipinski definition) is 7. The number of benzene rings is 1. The summed E-state index contributed by atoms with van der Waals surface area (Å²) in [6, 6.07) is 2.89. The van der Waals surface area contributed by atoms with Crippen LogP contribution in [0, 0.1) is 12.7 Å². The van der Waals surface area contributed by atoms with Crippen molar-refractivity contribution in [2.45, 2.75) is 32.4 Å². The minimum absolute atomic E-state index is 0.0809. The van der Waals surface area contributed by atoms with Gasteiger partial charge in [-0.15, -0.1) is 0 Å². The standard InChI is InChI=1S/C19H18F3N7O2/c1-10-5-12(3-4-13(10)20)28-6-14(25-9-28)11(2)26-17-23-8-24-18(27-17)29-15(16(21)22)7-31-19(29)30/h3-6,8-9,11,15-16H,7H2,1-2H3,(H,23,24,26,27)/t11-,15?/m0/s1. The summed E-state index contributed by atoms with van der Waals surface area (Å²) >= 11 is 0. The molecule has 0 bridgehead atoms. The molecule has 9 nitrogen and oxygen atoms in total. The average Bonchev–Trinajstić information content (AvgIpc) is 3.37. The maximum Gasteiger partial charge on any atom is 0.417 e. The van der Waals surface area contributed by atoms with Gasteiger partial charge in [-0.05, 0) is 37.6 Å². The fourth-order valence-corrected chi connectivity index (χ4v) is 3.08. The van der Waals surface area contributed by atoms with Gasteiger partial charge in [-0.2, -0.15) is 4.98 Å². The largest absolute Gasteiger partial charge is 0.447 e. The number of anilines is 2. The van der Waals surface area contributed by atoms with Crippen molar-refractivity contribution in [3.8, 4) is 5.69 Å². The van der Waals surface area contributed by atoms with E-state index in [1.165, 1.54) is 6.07 Å². The summed E-state index contributed by atoms with van der Waals surface area (Å²) in [5.41, 5.74) is 1.90. The quantitative estimate of drug-likeness (QED) is 0.637. The number of imidazole rings is 1. The van der Waals surface area contributed by atoms with Crippen LogP contribution in [0.4, 0.5) is 29.9 Å². The lowest BCUT2D eigenvalue weighted by Gasteiger charge is -2.19. The normalized spacial score (nSPS) is 17.2. The minimum atomic E-state index is -2.81. The Bertz CT molecular complexity index is 1110. The number of rotatable bonds is 6. The van der Waals surface area contributed by atoms with E-state index in [-0.39, 0.29) is 23.8 Å². The number of carbonyl (C=O) groups excluding carboxylic acids is 1. The molecule has 3 heterocycles. The Balaban J connectivity index is 1.51. The van der Waals surface area contributed by atoms with Crippen molar-refractivity contribution in [3.63, 3.8) is 0 Å². The van der Waals surface area contributed by atoms with E-state index in [4.69, 9.17) is 4.74 Å². The minimum Gasteiger partial charge on any atom is -0.447 e. The van der Waals surface area contributed by atoms with Crippen LogP contribution in [0.1, 0.15) is 24.2 Å². The molecule has 1 N–H and O–H groups in total. The molecule has 2 atom stereocenters. The summed E-state index contributed by atoms with van der Waals surface area (Å²) < 4.78 is 46.3. The summed E-state index contributed by atoms with van der Waals surface area (Å²) in [5, 5.41) is 3.00. The van der Waals surface area contributed by atoms with Crippen LogP contribution in [0.15, 0.2) is 37.1 Å².